The molecular formula is C20H14ClN4O7P. The molecule has 4 aromatic heterocycles. The van der Waals surface area contributed by atoms with Crippen molar-refractivity contribution >= 4 is 64.0 Å². The second-order valence-electron chi connectivity index (χ2n) is 7.70. The van der Waals surface area contributed by atoms with Crippen molar-refractivity contribution in [3.8, 4) is 0 Å². The number of hydrogen-bond acceptors (Lipinski definition) is 7. The number of carbonyl (C=O) groups excluding carboxylic acids is 4. The summed E-state index contributed by atoms with van der Waals surface area (Å²) in [7, 11) is 0. The van der Waals surface area contributed by atoms with Crippen LogP contribution in [0.15, 0.2) is 33.1 Å². The summed E-state index contributed by atoms with van der Waals surface area (Å²) < 4.78 is 23.3. The Morgan fingerprint density at radius 2 is 0.970 bits per heavy atom. The molecule has 13 heteroatoms. The Kier molecular flexibility index (Phi) is 4.25. The SMILES string of the molecule is O=C1c2c(c3ccc2o3)C(=O)N1CCNP(=O)(Cl)NCCN1C(=O)c2c(c3ccc2o3)C1=O. The highest BCUT2D eigenvalue weighted by Crippen LogP contribution is 2.42. The van der Waals surface area contributed by atoms with Crippen LogP contribution in [0.3, 0.4) is 0 Å². The summed E-state index contributed by atoms with van der Waals surface area (Å²) in [6.45, 7) is -3.75. The first-order valence-corrected chi connectivity index (χ1v) is 12.6. The van der Waals surface area contributed by atoms with E-state index in [1.54, 1.807) is 24.3 Å². The smallest absolute Gasteiger partial charge is 0.299 e. The maximum Gasteiger partial charge on any atom is 0.299 e. The fourth-order valence-corrected chi connectivity index (χ4v) is 5.75. The number of imide groups is 2. The largest absolute Gasteiger partial charge is 0.456 e. The number of benzene rings is 2. The molecule has 11 nitrogen and oxygen atoms in total. The van der Waals surface area contributed by atoms with Gasteiger partial charge in [-0.15, -0.1) is 0 Å². The molecule has 0 aliphatic carbocycles. The maximum absolute atomic E-state index is 12.6. The van der Waals surface area contributed by atoms with Gasteiger partial charge in [0.1, 0.15) is 22.3 Å². The second-order valence-corrected chi connectivity index (χ2v) is 10.8. The number of nitrogens with zero attached hydrogens (tertiary/aromatic N) is 2. The van der Waals surface area contributed by atoms with Gasteiger partial charge in [-0.25, -0.2) is 10.2 Å². The molecule has 0 spiro atoms. The molecule has 33 heavy (non-hydrogen) atoms. The number of carbonyl (C=O) groups is 4. The number of hydrogen-bond donors (Lipinski definition) is 2. The Balaban J connectivity index is 1.02. The van der Waals surface area contributed by atoms with Crippen LogP contribution < -0.4 is 10.2 Å². The lowest BCUT2D eigenvalue weighted by molar-refractivity contribution is 0.0642. The van der Waals surface area contributed by atoms with Crippen LogP contribution >= 0.6 is 18.0 Å². The predicted octanol–water partition coefficient (Wildman–Crippen LogP) is 2.47. The Labute approximate surface area is 189 Å². The molecule has 0 fully saturated rings. The molecule has 0 saturated carbocycles. The van der Waals surface area contributed by atoms with Crippen molar-refractivity contribution in [2.75, 3.05) is 26.2 Å². The first-order chi connectivity index (χ1) is 15.8. The number of rotatable bonds is 8. The average molecular weight is 489 g/mol. The molecule has 4 amide bonds. The molecule has 0 saturated heterocycles. The van der Waals surface area contributed by atoms with Crippen molar-refractivity contribution in [3.05, 3.63) is 46.5 Å². The van der Waals surface area contributed by atoms with Gasteiger partial charge in [-0.2, -0.15) is 0 Å². The van der Waals surface area contributed by atoms with E-state index in [1.165, 1.54) is 0 Å². The van der Waals surface area contributed by atoms with Crippen molar-refractivity contribution in [3.63, 3.8) is 0 Å². The molecule has 0 atom stereocenters. The summed E-state index contributed by atoms with van der Waals surface area (Å²) in [5.74, 6) is -1.90. The van der Waals surface area contributed by atoms with E-state index in [4.69, 9.17) is 20.1 Å². The summed E-state index contributed by atoms with van der Waals surface area (Å²) in [5.41, 5.74) is 2.42. The van der Waals surface area contributed by atoms with Gasteiger partial charge < -0.3 is 8.83 Å². The molecule has 2 N–H and O–H groups in total. The van der Waals surface area contributed by atoms with Crippen molar-refractivity contribution in [1.82, 2.24) is 20.0 Å². The highest BCUT2D eigenvalue weighted by atomic mass is 35.7. The molecule has 0 unspecified atom stereocenters. The number of fused-ring (bicyclic) bond motifs is 10. The molecule has 0 aromatic carbocycles. The Morgan fingerprint density at radius 1 is 0.667 bits per heavy atom. The van der Waals surface area contributed by atoms with Gasteiger partial charge in [-0.3, -0.25) is 33.5 Å². The van der Waals surface area contributed by atoms with E-state index in [1.807, 2.05) is 0 Å². The number of furan rings is 4. The highest BCUT2D eigenvalue weighted by Gasteiger charge is 2.42. The van der Waals surface area contributed by atoms with Gasteiger partial charge in [0.25, 0.3) is 30.4 Å². The van der Waals surface area contributed by atoms with Crippen molar-refractivity contribution < 1.29 is 32.6 Å². The Morgan fingerprint density at radius 3 is 1.27 bits per heavy atom. The first-order valence-electron chi connectivity index (χ1n) is 9.99. The monoisotopic (exact) mass is 488 g/mol. The molecule has 0 radical (unpaired) electrons. The van der Waals surface area contributed by atoms with E-state index >= 15 is 0 Å². The standard InChI is InChI=1S/C20H14ClN4O7P/c21-33(30,22-5-7-24-17(26)13-9-1-2-10(31-9)14(13)18(24)27)23-6-8-25-19(28)15-11-3-4-12(32-11)16(15)20(25)29/h1-4H,5-8H2,(H2,22,23,30). The zero-order chi connectivity index (χ0) is 23.1. The summed E-state index contributed by atoms with van der Waals surface area (Å²) >= 11 is 6.02. The minimum atomic E-state index is -3.60. The molecule has 2 aliphatic rings. The van der Waals surface area contributed by atoms with Crippen molar-refractivity contribution in [2.45, 2.75) is 0 Å². The van der Waals surface area contributed by atoms with E-state index in [0.29, 0.717) is 22.3 Å². The minimum Gasteiger partial charge on any atom is -0.456 e. The van der Waals surface area contributed by atoms with Crippen molar-refractivity contribution in [1.29, 1.82) is 0 Å². The predicted molar refractivity (Wildman–Crippen MR) is 115 cm³/mol. The molecule has 168 valence electrons. The maximum atomic E-state index is 12.6. The fraction of sp³-hybridized carbons (Fsp3) is 0.200. The zero-order valence-electron chi connectivity index (χ0n) is 16.7. The van der Waals surface area contributed by atoms with Gasteiger partial charge in [-0.1, -0.05) is 0 Å². The summed E-state index contributed by atoms with van der Waals surface area (Å²) in [4.78, 5) is 52.2. The zero-order valence-corrected chi connectivity index (χ0v) is 18.4. The third-order valence-corrected chi connectivity index (χ3v) is 7.81. The fourth-order valence-electron chi connectivity index (χ4n) is 4.35. The molecular weight excluding hydrogens is 475 g/mol. The lowest BCUT2D eigenvalue weighted by Gasteiger charge is -2.19. The van der Waals surface area contributed by atoms with Crippen molar-refractivity contribution in [2.24, 2.45) is 0 Å². The number of nitrogens with one attached hydrogen (secondary N) is 2. The van der Waals surface area contributed by atoms with E-state index in [9.17, 15) is 23.7 Å². The summed E-state index contributed by atoms with van der Waals surface area (Å²) in [6, 6.07) is 6.51. The normalized spacial score (nSPS) is 16.4. The number of halogens is 1. The highest BCUT2D eigenvalue weighted by molar-refractivity contribution is 7.86. The van der Waals surface area contributed by atoms with Crippen LogP contribution in [0.25, 0.3) is 22.3 Å². The molecule has 6 heterocycles. The van der Waals surface area contributed by atoms with Gasteiger partial charge in [0.2, 0.25) is 0 Å². The van der Waals surface area contributed by atoms with E-state index in [2.05, 4.69) is 10.2 Å². The van der Waals surface area contributed by atoms with E-state index in [0.717, 1.165) is 9.80 Å². The van der Waals surface area contributed by atoms with Gasteiger partial charge in [0.15, 0.2) is 0 Å². The van der Waals surface area contributed by atoms with Crippen LogP contribution in [0, 0.1) is 0 Å². The van der Waals surface area contributed by atoms with Crippen LogP contribution in [0.2, 0.25) is 0 Å². The van der Waals surface area contributed by atoms with Crippen LogP contribution in [-0.2, 0) is 4.57 Å². The molecule has 6 rings (SSSR count). The second kappa shape index (κ2) is 6.88. The lowest BCUT2D eigenvalue weighted by Crippen LogP contribution is -2.38. The minimum absolute atomic E-state index is 0.0259. The van der Waals surface area contributed by atoms with Gasteiger partial charge in [0, 0.05) is 26.2 Å². The van der Waals surface area contributed by atoms with Gasteiger partial charge in [0.05, 0.1) is 22.3 Å². The quantitative estimate of drug-likeness (QED) is 0.282. The topological polar surface area (TPSA) is 142 Å². The van der Waals surface area contributed by atoms with Crippen LogP contribution in [0.5, 0.6) is 0 Å². The Bertz CT molecular complexity index is 1320. The third-order valence-electron chi connectivity index (χ3n) is 5.83. The molecule has 4 aromatic rings. The van der Waals surface area contributed by atoms with Crippen LogP contribution in [0.4, 0.5) is 0 Å². The third kappa shape index (κ3) is 2.87. The summed E-state index contributed by atoms with van der Waals surface area (Å²) in [5, 5.41) is 5.18. The van der Waals surface area contributed by atoms with Crippen LogP contribution in [0.1, 0.15) is 41.4 Å². The van der Waals surface area contributed by atoms with Gasteiger partial charge in [-0.05, 0) is 35.5 Å². The average Bonchev–Trinajstić information content (AvgIpc) is 3.60. The van der Waals surface area contributed by atoms with E-state index in [-0.39, 0.29) is 48.4 Å². The molecule has 2 aliphatic heterocycles. The lowest BCUT2D eigenvalue weighted by atomic mass is 10.1. The summed E-state index contributed by atoms with van der Waals surface area (Å²) in [6.07, 6.45) is 0. The first kappa shape index (κ1) is 20.4. The van der Waals surface area contributed by atoms with E-state index < -0.39 is 30.4 Å². The molecule has 4 bridgehead atoms. The number of amides is 4. The Hall–Kier alpha value is -3.24. The van der Waals surface area contributed by atoms with Crippen LogP contribution in [-0.4, -0.2) is 59.6 Å². The van der Waals surface area contributed by atoms with Gasteiger partial charge >= 0.3 is 0 Å².